The van der Waals surface area contributed by atoms with Gasteiger partial charge in [-0.2, -0.15) is 0 Å². The van der Waals surface area contributed by atoms with E-state index < -0.39 is 46.2 Å². The van der Waals surface area contributed by atoms with Crippen LogP contribution >= 0.6 is 12.0 Å². The number of hydrogen-bond donors (Lipinski definition) is 3. The fraction of sp³-hybridized carbons (Fsp3) is 0.182. The molecule has 34 heavy (non-hydrogen) atoms. The van der Waals surface area contributed by atoms with Gasteiger partial charge < -0.3 is 24.2 Å². The number of hydrogen-bond acceptors (Lipinski definition) is 5. The Morgan fingerprint density at radius 3 is 2.38 bits per heavy atom. The number of fused-ring (bicyclic) bond motifs is 4. The van der Waals surface area contributed by atoms with E-state index in [4.69, 9.17) is 4.74 Å². The Hall–Kier alpha value is -3.35. The summed E-state index contributed by atoms with van der Waals surface area (Å²) < 4.78 is 70.4. The van der Waals surface area contributed by atoms with Crippen LogP contribution in [-0.4, -0.2) is 39.0 Å². The van der Waals surface area contributed by atoms with Crippen molar-refractivity contribution < 1.29 is 31.6 Å². The van der Waals surface area contributed by atoms with E-state index in [2.05, 4.69) is 9.97 Å². The van der Waals surface area contributed by atoms with Gasteiger partial charge in [0.2, 0.25) is 0 Å². The molecular formula is C22H15F4N3O4S. The standard InChI is InChI=1S/C22H15F4N3O4S/c1-29(21(31)16-3-8-2-11(23)14(26)6-15(8)27-16)17-7-33-22(34-32)19-18(17)9-4-12(24)13(25)5-10(9)20(30)28-19/h2-6,17,22,27,32H,7H2,1H3,(H,28,30)/t17-,22?/m1/s1. The van der Waals surface area contributed by atoms with Crippen molar-refractivity contribution in [3.05, 3.63) is 80.9 Å². The molecule has 0 fully saturated rings. The molecule has 0 saturated heterocycles. The molecule has 0 saturated carbocycles. The van der Waals surface area contributed by atoms with E-state index in [1.54, 1.807) is 0 Å². The summed E-state index contributed by atoms with van der Waals surface area (Å²) in [6.07, 6.45) is 0. The third-order valence-electron chi connectivity index (χ3n) is 5.88. The van der Waals surface area contributed by atoms with E-state index in [1.165, 1.54) is 18.0 Å². The Kier molecular flexibility index (Phi) is 5.38. The molecule has 1 unspecified atom stereocenters. The van der Waals surface area contributed by atoms with Crippen molar-refractivity contribution in [2.75, 3.05) is 13.7 Å². The van der Waals surface area contributed by atoms with Gasteiger partial charge in [-0.15, -0.1) is 0 Å². The highest BCUT2D eigenvalue weighted by Crippen LogP contribution is 2.42. The Morgan fingerprint density at radius 1 is 1.03 bits per heavy atom. The van der Waals surface area contributed by atoms with Crippen molar-refractivity contribution in [3.63, 3.8) is 0 Å². The van der Waals surface area contributed by atoms with Crippen molar-refractivity contribution in [2.24, 2.45) is 0 Å². The number of benzene rings is 2. The van der Waals surface area contributed by atoms with Crippen LogP contribution in [0.4, 0.5) is 17.6 Å². The van der Waals surface area contributed by atoms with E-state index in [9.17, 15) is 31.7 Å². The molecule has 0 spiro atoms. The lowest BCUT2D eigenvalue weighted by Gasteiger charge is -2.36. The van der Waals surface area contributed by atoms with E-state index in [0.29, 0.717) is 12.0 Å². The van der Waals surface area contributed by atoms with Crippen LogP contribution in [0.25, 0.3) is 21.7 Å². The van der Waals surface area contributed by atoms with Crippen LogP contribution in [0, 0.1) is 23.3 Å². The number of likely N-dealkylation sites (N-methyl/N-ethyl adjacent to an activating group) is 1. The number of nitrogens with zero attached hydrogens (tertiary/aromatic N) is 1. The molecule has 1 aliphatic rings. The molecule has 1 amide bonds. The van der Waals surface area contributed by atoms with Crippen molar-refractivity contribution >= 4 is 39.6 Å². The van der Waals surface area contributed by atoms with Crippen LogP contribution in [0.5, 0.6) is 0 Å². The maximum absolute atomic E-state index is 14.1. The summed E-state index contributed by atoms with van der Waals surface area (Å²) in [7, 11) is 1.43. The fourth-order valence-corrected chi connectivity index (χ4v) is 4.64. The number of amides is 1. The van der Waals surface area contributed by atoms with Gasteiger partial charge >= 0.3 is 0 Å². The van der Waals surface area contributed by atoms with E-state index in [1.807, 2.05) is 0 Å². The zero-order chi connectivity index (χ0) is 24.3. The number of carbonyl (C=O) groups is 1. The van der Waals surface area contributed by atoms with Crippen LogP contribution in [0.3, 0.4) is 0 Å². The van der Waals surface area contributed by atoms with Gasteiger partial charge in [-0.1, -0.05) is 0 Å². The lowest BCUT2D eigenvalue weighted by Crippen LogP contribution is -2.38. The van der Waals surface area contributed by atoms with Crippen molar-refractivity contribution in [1.29, 1.82) is 0 Å². The maximum atomic E-state index is 14.1. The monoisotopic (exact) mass is 493 g/mol. The van der Waals surface area contributed by atoms with Gasteiger partial charge in [0.1, 0.15) is 5.69 Å². The number of rotatable bonds is 3. The summed E-state index contributed by atoms with van der Waals surface area (Å²) >= 11 is 0.296. The second-order valence-corrected chi connectivity index (χ2v) is 8.47. The number of nitrogens with one attached hydrogen (secondary N) is 2. The third kappa shape index (κ3) is 3.45. The lowest BCUT2D eigenvalue weighted by molar-refractivity contribution is 0.0284. The minimum absolute atomic E-state index is 0.0219. The van der Waals surface area contributed by atoms with Crippen molar-refractivity contribution in [3.8, 4) is 0 Å². The highest BCUT2D eigenvalue weighted by molar-refractivity contribution is 7.93. The van der Waals surface area contributed by atoms with E-state index >= 15 is 0 Å². The predicted molar refractivity (Wildman–Crippen MR) is 116 cm³/mol. The number of aromatic amines is 2. The molecule has 2 aromatic carbocycles. The normalized spacial score (nSPS) is 17.8. The first-order valence-corrected chi connectivity index (χ1v) is 10.7. The molecule has 0 bridgehead atoms. The molecule has 5 rings (SSSR count). The SMILES string of the molecule is CN(C(=O)c1cc2cc(F)c(F)cc2[nH]1)[C@@H]1COC(SO)c2[nH]c(=O)c3cc(F)c(F)cc3c21. The fourth-order valence-electron chi connectivity index (χ4n) is 4.21. The quantitative estimate of drug-likeness (QED) is 0.286. The summed E-state index contributed by atoms with van der Waals surface area (Å²) in [5.41, 5.74) is -1.14. The number of H-pyrrole nitrogens is 2. The zero-order valence-corrected chi connectivity index (χ0v) is 18.1. The van der Waals surface area contributed by atoms with Crippen LogP contribution < -0.4 is 5.56 Å². The number of carbonyl (C=O) groups excluding carboxylic acids is 1. The molecule has 1 aliphatic heterocycles. The van der Waals surface area contributed by atoms with Crippen LogP contribution in [0.15, 0.2) is 35.1 Å². The topological polar surface area (TPSA) is 98.4 Å². The Morgan fingerprint density at radius 2 is 1.68 bits per heavy atom. The molecule has 3 heterocycles. The molecule has 3 N–H and O–H groups in total. The van der Waals surface area contributed by atoms with Gasteiger partial charge in [0.15, 0.2) is 28.7 Å². The average molecular weight is 493 g/mol. The van der Waals surface area contributed by atoms with Crippen molar-refractivity contribution in [2.45, 2.75) is 11.5 Å². The van der Waals surface area contributed by atoms with Gasteiger partial charge in [0, 0.05) is 41.6 Å². The molecule has 2 atom stereocenters. The summed E-state index contributed by atoms with van der Waals surface area (Å²) in [5, 5.41) is 0.203. The molecule has 7 nitrogen and oxygen atoms in total. The lowest BCUT2D eigenvalue weighted by atomic mass is 9.95. The number of aromatic nitrogens is 2. The predicted octanol–water partition coefficient (Wildman–Crippen LogP) is 4.61. The smallest absolute Gasteiger partial charge is 0.270 e. The summed E-state index contributed by atoms with van der Waals surface area (Å²) in [6.45, 7) is -0.142. The first-order valence-electron chi connectivity index (χ1n) is 9.91. The van der Waals surface area contributed by atoms with Crippen molar-refractivity contribution in [1.82, 2.24) is 14.9 Å². The van der Waals surface area contributed by atoms with Gasteiger partial charge in [0.25, 0.3) is 11.5 Å². The second kappa shape index (κ2) is 8.15. The molecule has 4 aromatic rings. The minimum Gasteiger partial charge on any atom is -0.356 e. The Bertz CT molecular complexity index is 1500. The summed E-state index contributed by atoms with van der Waals surface area (Å²) in [5.74, 6) is -5.13. The summed E-state index contributed by atoms with van der Waals surface area (Å²) in [6, 6.07) is 3.99. The highest BCUT2D eigenvalue weighted by Gasteiger charge is 2.36. The number of pyridine rings is 1. The molecule has 12 heteroatoms. The Labute approximate surface area is 192 Å². The first-order chi connectivity index (χ1) is 16.2. The van der Waals surface area contributed by atoms with Crippen LogP contribution in [-0.2, 0) is 4.74 Å². The van der Waals surface area contributed by atoms with Gasteiger partial charge in [-0.25, -0.2) is 17.6 Å². The minimum atomic E-state index is -1.21. The van der Waals surface area contributed by atoms with E-state index in [-0.39, 0.29) is 45.2 Å². The molecule has 0 aliphatic carbocycles. The number of ether oxygens (including phenoxy) is 1. The first kappa shape index (κ1) is 22.4. The Balaban J connectivity index is 1.64. The van der Waals surface area contributed by atoms with Gasteiger partial charge in [0.05, 0.1) is 23.7 Å². The molecule has 176 valence electrons. The molecule has 0 radical (unpaired) electrons. The third-order valence-corrected chi connectivity index (χ3v) is 6.45. The number of halogens is 4. The zero-order valence-electron chi connectivity index (χ0n) is 17.3. The second-order valence-electron chi connectivity index (χ2n) is 7.83. The largest absolute Gasteiger partial charge is 0.356 e. The average Bonchev–Trinajstić information content (AvgIpc) is 3.21. The van der Waals surface area contributed by atoms with Crippen LogP contribution in [0.2, 0.25) is 0 Å². The van der Waals surface area contributed by atoms with Gasteiger partial charge in [-0.3, -0.25) is 9.59 Å². The van der Waals surface area contributed by atoms with E-state index in [0.717, 1.165) is 24.3 Å². The van der Waals surface area contributed by atoms with Crippen LogP contribution in [0.1, 0.15) is 33.2 Å². The summed E-state index contributed by atoms with van der Waals surface area (Å²) in [4.78, 5) is 32.3. The highest BCUT2D eigenvalue weighted by atomic mass is 32.2. The molecular weight excluding hydrogens is 478 g/mol. The maximum Gasteiger partial charge on any atom is 0.270 e. The molecule has 2 aromatic heterocycles. The van der Waals surface area contributed by atoms with Gasteiger partial charge in [-0.05, 0) is 29.7 Å².